The standard InChI is InChI=1S/C7H8N2O5/c1-3-5(10)13-14-6(11)4(2)9-7(8)12/h3H,1-2H2,(H3,8,9,12). The topological polar surface area (TPSA) is 108 Å². The molecular formula is C7H8N2O5. The number of primary amides is 1. The Morgan fingerprint density at radius 2 is 1.86 bits per heavy atom. The van der Waals surface area contributed by atoms with Crippen molar-refractivity contribution in [1.29, 1.82) is 0 Å². The number of hydrogen-bond donors (Lipinski definition) is 2. The van der Waals surface area contributed by atoms with Gasteiger partial charge in [-0.05, 0) is 0 Å². The lowest BCUT2D eigenvalue weighted by Gasteiger charge is -2.03. The zero-order valence-corrected chi connectivity index (χ0v) is 7.11. The first kappa shape index (κ1) is 11.7. The zero-order valence-electron chi connectivity index (χ0n) is 7.11. The Morgan fingerprint density at radius 1 is 1.29 bits per heavy atom. The SMILES string of the molecule is C=CC(=O)OOC(=O)C(=C)NC(N)=O. The molecule has 14 heavy (non-hydrogen) atoms. The molecule has 0 spiro atoms. The van der Waals surface area contributed by atoms with Crippen molar-refractivity contribution in [2.45, 2.75) is 0 Å². The van der Waals surface area contributed by atoms with E-state index in [-0.39, 0.29) is 0 Å². The highest BCUT2D eigenvalue weighted by Gasteiger charge is 2.12. The summed E-state index contributed by atoms with van der Waals surface area (Å²) in [7, 11) is 0. The fourth-order valence-corrected chi connectivity index (χ4v) is 0.363. The fraction of sp³-hybridized carbons (Fsp3) is 0. The fourth-order valence-electron chi connectivity index (χ4n) is 0.363. The van der Waals surface area contributed by atoms with Crippen molar-refractivity contribution in [1.82, 2.24) is 5.32 Å². The van der Waals surface area contributed by atoms with Crippen LogP contribution >= 0.6 is 0 Å². The molecule has 0 radical (unpaired) electrons. The molecule has 0 heterocycles. The first-order valence-electron chi connectivity index (χ1n) is 3.28. The number of carbonyl (C=O) groups is 3. The molecule has 0 unspecified atom stereocenters. The Bertz CT molecular complexity index is 296. The zero-order chi connectivity index (χ0) is 11.1. The third-order valence-electron chi connectivity index (χ3n) is 0.887. The van der Waals surface area contributed by atoms with Crippen LogP contribution in [-0.2, 0) is 19.4 Å². The minimum absolute atomic E-state index is 0.450. The summed E-state index contributed by atoms with van der Waals surface area (Å²) in [6.45, 7) is 6.15. The molecule has 3 N–H and O–H groups in total. The lowest BCUT2D eigenvalue weighted by atomic mass is 10.5. The van der Waals surface area contributed by atoms with E-state index in [0.29, 0.717) is 0 Å². The summed E-state index contributed by atoms with van der Waals surface area (Å²) < 4.78 is 0. The molecule has 7 heteroatoms. The van der Waals surface area contributed by atoms with Crippen LogP contribution in [0, 0.1) is 0 Å². The maximum Gasteiger partial charge on any atom is 0.401 e. The molecule has 0 saturated heterocycles. The van der Waals surface area contributed by atoms with Crippen LogP contribution in [-0.4, -0.2) is 18.0 Å². The van der Waals surface area contributed by atoms with Gasteiger partial charge < -0.3 is 11.1 Å². The maximum atomic E-state index is 10.8. The van der Waals surface area contributed by atoms with Crippen molar-refractivity contribution in [2.75, 3.05) is 0 Å². The Balaban J connectivity index is 3.96. The average molecular weight is 200 g/mol. The molecule has 0 aliphatic rings. The lowest BCUT2D eigenvalue weighted by molar-refractivity contribution is -0.251. The van der Waals surface area contributed by atoms with Gasteiger partial charge in [0.2, 0.25) is 0 Å². The van der Waals surface area contributed by atoms with Crippen molar-refractivity contribution in [3.63, 3.8) is 0 Å². The van der Waals surface area contributed by atoms with Crippen LogP contribution in [0.25, 0.3) is 0 Å². The van der Waals surface area contributed by atoms with E-state index in [0.717, 1.165) is 6.08 Å². The number of nitrogens with two attached hydrogens (primary N) is 1. The van der Waals surface area contributed by atoms with Crippen LogP contribution in [0.2, 0.25) is 0 Å². The van der Waals surface area contributed by atoms with E-state index < -0.39 is 23.7 Å². The molecule has 2 amide bonds. The molecule has 0 aromatic carbocycles. The minimum atomic E-state index is -1.14. The molecule has 76 valence electrons. The Labute approximate surface area is 79.1 Å². The minimum Gasteiger partial charge on any atom is -0.351 e. The van der Waals surface area contributed by atoms with Crippen molar-refractivity contribution in [2.24, 2.45) is 5.73 Å². The van der Waals surface area contributed by atoms with Crippen molar-refractivity contribution in [3.8, 4) is 0 Å². The van der Waals surface area contributed by atoms with E-state index in [9.17, 15) is 14.4 Å². The first-order chi connectivity index (χ1) is 6.47. The van der Waals surface area contributed by atoms with Gasteiger partial charge >= 0.3 is 18.0 Å². The second kappa shape index (κ2) is 5.36. The van der Waals surface area contributed by atoms with E-state index in [1.807, 2.05) is 5.32 Å². The molecule has 0 aliphatic heterocycles. The summed E-state index contributed by atoms with van der Waals surface area (Å²) in [6, 6.07) is -0.984. The summed E-state index contributed by atoms with van der Waals surface area (Å²) in [4.78, 5) is 39.2. The third-order valence-corrected chi connectivity index (χ3v) is 0.887. The number of rotatable bonds is 3. The molecule has 0 atom stereocenters. The predicted molar refractivity (Wildman–Crippen MR) is 44.2 cm³/mol. The summed E-state index contributed by atoms with van der Waals surface area (Å²) in [5, 5.41) is 1.84. The van der Waals surface area contributed by atoms with E-state index in [1.54, 1.807) is 0 Å². The highest BCUT2D eigenvalue weighted by Crippen LogP contribution is 1.91. The number of nitrogens with one attached hydrogen (secondary N) is 1. The number of hydrogen-bond acceptors (Lipinski definition) is 5. The van der Waals surface area contributed by atoms with E-state index in [2.05, 4.69) is 28.7 Å². The number of urea groups is 1. The van der Waals surface area contributed by atoms with Gasteiger partial charge in [0.15, 0.2) is 0 Å². The molecule has 0 fully saturated rings. The van der Waals surface area contributed by atoms with Gasteiger partial charge in [0, 0.05) is 6.08 Å². The molecule has 0 aliphatic carbocycles. The van der Waals surface area contributed by atoms with Crippen LogP contribution < -0.4 is 11.1 Å². The summed E-state index contributed by atoms with van der Waals surface area (Å²) in [6.07, 6.45) is 0.789. The molecular weight excluding hydrogens is 192 g/mol. The number of amides is 2. The van der Waals surface area contributed by atoms with Crippen LogP contribution in [0.1, 0.15) is 0 Å². The molecule has 0 rings (SSSR count). The average Bonchev–Trinajstić information content (AvgIpc) is 2.12. The van der Waals surface area contributed by atoms with Crippen LogP contribution in [0.4, 0.5) is 4.79 Å². The van der Waals surface area contributed by atoms with Crippen molar-refractivity contribution in [3.05, 3.63) is 24.9 Å². The third kappa shape index (κ3) is 4.54. The van der Waals surface area contributed by atoms with Crippen molar-refractivity contribution >= 4 is 18.0 Å². The van der Waals surface area contributed by atoms with Crippen molar-refractivity contribution < 1.29 is 24.2 Å². The van der Waals surface area contributed by atoms with Gasteiger partial charge in [-0.15, -0.1) is 0 Å². The molecule has 0 saturated carbocycles. The largest absolute Gasteiger partial charge is 0.401 e. The van der Waals surface area contributed by atoms with Gasteiger partial charge in [0.1, 0.15) is 5.70 Å². The maximum absolute atomic E-state index is 10.8. The highest BCUT2D eigenvalue weighted by atomic mass is 17.2. The van der Waals surface area contributed by atoms with Crippen LogP contribution in [0.3, 0.4) is 0 Å². The van der Waals surface area contributed by atoms with Crippen LogP contribution in [0.15, 0.2) is 24.9 Å². The lowest BCUT2D eigenvalue weighted by Crippen LogP contribution is -2.32. The summed E-state index contributed by atoms with van der Waals surface area (Å²) in [5.41, 5.74) is 4.22. The van der Waals surface area contributed by atoms with Gasteiger partial charge in [-0.2, -0.15) is 0 Å². The second-order valence-corrected chi connectivity index (χ2v) is 1.95. The second-order valence-electron chi connectivity index (χ2n) is 1.95. The molecule has 0 bridgehead atoms. The summed E-state index contributed by atoms with van der Waals surface area (Å²) in [5.74, 6) is -2.09. The van der Waals surface area contributed by atoms with Gasteiger partial charge in [0.05, 0.1) is 0 Å². The Kier molecular flexibility index (Phi) is 4.47. The van der Waals surface area contributed by atoms with Gasteiger partial charge in [-0.1, -0.05) is 13.2 Å². The molecule has 0 aromatic heterocycles. The van der Waals surface area contributed by atoms with Gasteiger partial charge in [0.25, 0.3) is 0 Å². The highest BCUT2D eigenvalue weighted by molar-refractivity contribution is 5.92. The van der Waals surface area contributed by atoms with E-state index >= 15 is 0 Å². The smallest absolute Gasteiger partial charge is 0.351 e. The monoisotopic (exact) mass is 200 g/mol. The first-order valence-corrected chi connectivity index (χ1v) is 3.28. The Morgan fingerprint density at radius 3 is 2.29 bits per heavy atom. The normalized spacial score (nSPS) is 8.29. The Hall–Kier alpha value is -2.31. The molecule has 0 aromatic rings. The predicted octanol–water partition coefficient (Wildman–Crippen LogP) is -0.644. The summed E-state index contributed by atoms with van der Waals surface area (Å²) >= 11 is 0. The van der Waals surface area contributed by atoms with Crippen LogP contribution in [0.5, 0.6) is 0 Å². The quantitative estimate of drug-likeness (QED) is 0.357. The van der Waals surface area contributed by atoms with E-state index in [1.165, 1.54) is 0 Å². The van der Waals surface area contributed by atoms with Gasteiger partial charge in [-0.25, -0.2) is 24.2 Å². The van der Waals surface area contributed by atoms with Gasteiger partial charge in [-0.3, -0.25) is 0 Å². The van der Waals surface area contributed by atoms with E-state index in [4.69, 9.17) is 0 Å². The molecule has 7 nitrogen and oxygen atoms in total. The number of carbonyl (C=O) groups excluding carboxylic acids is 3.